The molecule has 1 fully saturated rings. The van der Waals surface area contributed by atoms with Crippen LogP contribution in [-0.4, -0.2) is 36.2 Å². The predicted octanol–water partition coefficient (Wildman–Crippen LogP) is 0.536. The first kappa shape index (κ1) is 7.69. The fourth-order valence-electron chi connectivity index (χ4n) is 1.26. The van der Waals surface area contributed by atoms with Crippen LogP contribution in [-0.2, 0) is 0 Å². The summed E-state index contributed by atoms with van der Waals surface area (Å²) in [4.78, 5) is 1.95. The third-order valence-corrected chi connectivity index (χ3v) is 1.94. The van der Waals surface area contributed by atoms with Crippen molar-refractivity contribution in [1.82, 2.24) is 4.90 Å². The van der Waals surface area contributed by atoms with E-state index < -0.39 is 0 Å². The van der Waals surface area contributed by atoms with Gasteiger partial charge in [0, 0.05) is 12.6 Å². The summed E-state index contributed by atoms with van der Waals surface area (Å²) in [5, 5.41) is 8.76. The smallest absolute Gasteiger partial charge is 0.0872 e. The van der Waals surface area contributed by atoms with E-state index >= 15 is 0 Å². The maximum Gasteiger partial charge on any atom is 0.0872 e. The van der Waals surface area contributed by atoms with E-state index in [0.29, 0.717) is 19.3 Å². The summed E-state index contributed by atoms with van der Waals surface area (Å²) >= 11 is 0. The Morgan fingerprint density at radius 1 is 1.90 bits per heavy atom. The number of halogens is 1. The van der Waals surface area contributed by atoms with Gasteiger partial charge in [0.1, 0.15) is 0 Å². The van der Waals surface area contributed by atoms with Crippen LogP contribution in [0.15, 0.2) is 11.9 Å². The van der Waals surface area contributed by atoms with E-state index in [1.165, 1.54) is 0 Å². The van der Waals surface area contributed by atoms with Crippen molar-refractivity contribution in [3.8, 4) is 0 Å². The van der Waals surface area contributed by atoms with Crippen LogP contribution in [0.2, 0.25) is 0 Å². The molecule has 0 radical (unpaired) electrons. The van der Waals surface area contributed by atoms with Crippen molar-refractivity contribution in [2.75, 3.05) is 20.2 Å². The van der Waals surface area contributed by atoms with Crippen molar-refractivity contribution in [2.24, 2.45) is 0 Å². The van der Waals surface area contributed by atoms with E-state index in [-0.39, 0.29) is 12.6 Å². The van der Waals surface area contributed by atoms with Gasteiger partial charge >= 0.3 is 0 Å². The second-order valence-electron chi connectivity index (χ2n) is 2.72. The predicted molar refractivity (Wildman–Crippen MR) is 37.3 cm³/mol. The van der Waals surface area contributed by atoms with E-state index in [1.54, 1.807) is 0 Å². The second kappa shape index (κ2) is 3.12. The molecule has 1 unspecified atom stereocenters. The lowest BCUT2D eigenvalue weighted by Crippen LogP contribution is -2.27. The van der Waals surface area contributed by atoms with Gasteiger partial charge in [-0.15, -0.1) is 0 Å². The zero-order chi connectivity index (χ0) is 7.56. The molecule has 1 rings (SSSR count). The summed E-state index contributed by atoms with van der Waals surface area (Å²) in [5.41, 5.74) is 0.779. The van der Waals surface area contributed by atoms with Gasteiger partial charge in [0.05, 0.1) is 12.9 Å². The van der Waals surface area contributed by atoms with Crippen LogP contribution >= 0.6 is 0 Å². The number of likely N-dealkylation sites (N-methyl/N-ethyl adjacent to an activating group) is 1. The molecular weight excluding hydrogens is 133 g/mol. The first-order valence-electron chi connectivity index (χ1n) is 3.37. The monoisotopic (exact) mass is 145 g/mol. The highest BCUT2D eigenvalue weighted by atomic mass is 19.1. The van der Waals surface area contributed by atoms with Gasteiger partial charge in [0.15, 0.2) is 0 Å². The molecule has 0 amide bonds. The van der Waals surface area contributed by atoms with Gasteiger partial charge in [-0.05, 0) is 19.0 Å². The van der Waals surface area contributed by atoms with Crippen LogP contribution in [0.5, 0.6) is 0 Å². The quantitative estimate of drug-likeness (QED) is 0.582. The van der Waals surface area contributed by atoms with Gasteiger partial charge in [0.25, 0.3) is 0 Å². The third-order valence-electron chi connectivity index (χ3n) is 1.94. The molecule has 0 aromatic heterocycles. The van der Waals surface area contributed by atoms with Crippen molar-refractivity contribution >= 4 is 0 Å². The molecule has 0 saturated carbocycles. The molecule has 1 aliphatic rings. The number of nitrogens with zero attached hydrogens (tertiary/aromatic N) is 1. The Balaban J connectivity index is 2.52. The van der Waals surface area contributed by atoms with Gasteiger partial charge in [-0.1, -0.05) is 0 Å². The minimum atomic E-state index is 0.119. The zero-order valence-electron chi connectivity index (χ0n) is 6.05. The molecule has 1 saturated heterocycles. The largest absolute Gasteiger partial charge is 0.395 e. The Morgan fingerprint density at radius 3 is 2.90 bits per heavy atom. The topological polar surface area (TPSA) is 23.5 Å². The standard InChI is InChI=1S/C7H12FNO/c1-9-4-6(3-8)2-7(9)5-10/h3,7,10H,2,4-5H2,1H3/b6-3-. The van der Waals surface area contributed by atoms with Crippen molar-refractivity contribution in [1.29, 1.82) is 0 Å². The summed E-state index contributed by atoms with van der Waals surface area (Å²) < 4.78 is 11.9. The van der Waals surface area contributed by atoms with Crippen molar-refractivity contribution in [3.05, 3.63) is 11.9 Å². The molecule has 58 valence electrons. The van der Waals surface area contributed by atoms with Crippen molar-refractivity contribution < 1.29 is 9.50 Å². The lowest BCUT2D eigenvalue weighted by Gasteiger charge is -2.14. The first-order chi connectivity index (χ1) is 4.77. The lowest BCUT2D eigenvalue weighted by molar-refractivity contribution is 0.182. The zero-order valence-corrected chi connectivity index (χ0v) is 6.05. The van der Waals surface area contributed by atoms with E-state index in [4.69, 9.17) is 5.11 Å². The average Bonchev–Trinajstić information content (AvgIpc) is 2.30. The maximum absolute atomic E-state index is 11.9. The Kier molecular flexibility index (Phi) is 2.40. The number of hydrogen-bond acceptors (Lipinski definition) is 2. The number of likely N-dealkylation sites (tertiary alicyclic amines) is 1. The van der Waals surface area contributed by atoms with Crippen LogP contribution in [0.3, 0.4) is 0 Å². The van der Waals surface area contributed by atoms with Crippen LogP contribution in [0.4, 0.5) is 4.39 Å². The molecule has 10 heavy (non-hydrogen) atoms. The third kappa shape index (κ3) is 1.36. The number of hydrogen-bond donors (Lipinski definition) is 1. The molecule has 0 bridgehead atoms. The molecule has 1 atom stereocenters. The average molecular weight is 145 g/mol. The van der Waals surface area contributed by atoms with Crippen LogP contribution < -0.4 is 0 Å². The van der Waals surface area contributed by atoms with Gasteiger partial charge in [-0.3, -0.25) is 4.90 Å². The van der Waals surface area contributed by atoms with Gasteiger partial charge in [0.2, 0.25) is 0 Å². The molecule has 1 aliphatic heterocycles. The molecule has 2 nitrogen and oxygen atoms in total. The molecular formula is C7H12FNO. The minimum Gasteiger partial charge on any atom is -0.395 e. The molecule has 3 heteroatoms. The number of aliphatic hydroxyl groups is 1. The number of aliphatic hydroxyl groups excluding tert-OH is 1. The first-order valence-corrected chi connectivity index (χ1v) is 3.37. The van der Waals surface area contributed by atoms with Gasteiger partial charge in [-0.2, -0.15) is 0 Å². The molecule has 1 N–H and O–H groups in total. The minimum absolute atomic E-state index is 0.119. The molecule has 0 aromatic rings. The fraction of sp³-hybridized carbons (Fsp3) is 0.714. The Labute approximate surface area is 60.0 Å². The van der Waals surface area contributed by atoms with Gasteiger partial charge < -0.3 is 5.11 Å². The fourth-order valence-corrected chi connectivity index (χ4v) is 1.26. The highest BCUT2D eigenvalue weighted by Gasteiger charge is 2.23. The second-order valence-corrected chi connectivity index (χ2v) is 2.72. The molecule has 0 aliphatic carbocycles. The summed E-state index contributed by atoms with van der Waals surface area (Å²) in [6.45, 7) is 0.773. The summed E-state index contributed by atoms with van der Waals surface area (Å²) in [5.74, 6) is 0. The number of rotatable bonds is 1. The molecule has 0 aromatic carbocycles. The SMILES string of the molecule is CN1C/C(=C\F)CC1CO. The van der Waals surface area contributed by atoms with Crippen LogP contribution in [0.25, 0.3) is 0 Å². The normalized spacial score (nSPS) is 31.9. The lowest BCUT2D eigenvalue weighted by atomic mass is 10.2. The highest BCUT2D eigenvalue weighted by Crippen LogP contribution is 2.19. The highest BCUT2D eigenvalue weighted by molar-refractivity contribution is 5.09. The maximum atomic E-state index is 11.9. The van der Waals surface area contributed by atoms with Crippen molar-refractivity contribution in [2.45, 2.75) is 12.5 Å². The Morgan fingerprint density at radius 2 is 2.60 bits per heavy atom. The van der Waals surface area contributed by atoms with Crippen LogP contribution in [0, 0.1) is 0 Å². The van der Waals surface area contributed by atoms with E-state index in [0.717, 1.165) is 5.57 Å². The van der Waals surface area contributed by atoms with Crippen LogP contribution in [0.1, 0.15) is 6.42 Å². The van der Waals surface area contributed by atoms with Gasteiger partial charge in [-0.25, -0.2) is 4.39 Å². The van der Waals surface area contributed by atoms with E-state index in [9.17, 15) is 4.39 Å². The summed E-state index contributed by atoms with van der Waals surface area (Å²) in [6.07, 6.45) is 1.32. The van der Waals surface area contributed by atoms with E-state index in [2.05, 4.69) is 0 Å². The summed E-state index contributed by atoms with van der Waals surface area (Å²) in [6, 6.07) is 0.127. The molecule has 1 heterocycles. The Bertz CT molecular complexity index is 147. The summed E-state index contributed by atoms with van der Waals surface area (Å²) in [7, 11) is 1.89. The Hall–Kier alpha value is -0.410. The van der Waals surface area contributed by atoms with E-state index in [1.807, 2.05) is 11.9 Å². The van der Waals surface area contributed by atoms with Crippen molar-refractivity contribution in [3.63, 3.8) is 0 Å². The molecule has 0 spiro atoms.